The second kappa shape index (κ2) is 6.92. The van der Waals surface area contributed by atoms with E-state index in [2.05, 4.69) is 11.4 Å². The Labute approximate surface area is 119 Å². The maximum Gasteiger partial charge on any atom is 0.255 e. The summed E-state index contributed by atoms with van der Waals surface area (Å²) >= 11 is 0. The summed E-state index contributed by atoms with van der Waals surface area (Å²) in [5.74, 6) is 0.585. The van der Waals surface area contributed by atoms with Crippen molar-refractivity contribution in [3.8, 4) is 11.8 Å². The highest BCUT2D eigenvalue weighted by atomic mass is 16.5. The molecule has 5 heteroatoms. The number of benzene rings is 1. The molecule has 5 nitrogen and oxygen atoms in total. The lowest BCUT2D eigenvalue weighted by atomic mass is 10.1. The molecule has 1 aliphatic rings. The van der Waals surface area contributed by atoms with Crippen LogP contribution in [0.5, 0.6) is 5.75 Å². The summed E-state index contributed by atoms with van der Waals surface area (Å²) in [5, 5.41) is 12.2. The van der Waals surface area contributed by atoms with Crippen molar-refractivity contribution in [3.63, 3.8) is 0 Å². The van der Waals surface area contributed by atoms with Crippen LogP contribution in [0, 0.1) is 11.3 Å². The van der Waals surface area contributed by atoms with Crippen LogP contribution in [-0.4, -0.2) is 43.1 Å². The number of carbonyl (C=O) groups excluding carboxylic acids is 1. The van der Waals surface area contributed by atoms with Crippen LogP contribution in [0.2, 0.25) is 0 Å². The number of rotatable bonds is 4. The monoisotopic (exact) mass is 273 g/mol. The molecule has 1 atom stereocenters. The maximum absolute atomic E-state index is 12.5. The summed E-state index contributed by atoms with van der Waals surface area (Å²) in [6, 6.07) is 8.91. The molecule has 0 radical (unpaired) electrons. The van der Waals surface area contributed by atoms with Crippen LogP contribution in [0.4, 0.5) is 0 Å². The van der Waals surface area contributed by atoms with E-state index in [0.717, 1.165) is 13.0 Å². The number of nitrogens with one attached hydrogen (secondary N) is 1. The van der Waals surface area contributed by atoms with Gasteiger partial charge in [-0.2, -0.15) is 5.26 Å². The van der Waals surface area contributed by atoms with Gasteiger partial charge in [0.1, 0.15) is 11.8 Å². The average Bonchev–Trinajstić information content (AvgIpc) is 2.52. The van der Waals surface area contributed by atoms with Gasteiger partial charge in [0.2, 0.25) is 0 Å². The molecule has 1 fully saturated rings. The van der Waals surface area contributed by atoms with Crippen molar-refractivity contribution in [2.45, 2.75) is 19.4 Å². The predicted molar refractivity (Wildman–Crippen MR) is 75.5 cm³/mol. The van der Waals surface area contributed by atoms with Crippen molar-refractivity contribution < 1.29 is 9.53 Å². The van der Waals surface area contributed by atoms with Crippen LogP contribution in [0.1, 0.15) is 23.7 Å². The summed E-state index contributed by atoms with van der Waals surface area (Å²) in [5.41, 5.74) is 0.570. The molecule has 0 spiro atoms. The quantitative estimate of drug-likeness (QED) is 0.901. The zero-order valence-corrected chi connectivity index (χ0v) is 11.6. The Hall–Kier alpha value is -2.06. The van der Waals surface area contributed by atoms with Gasteiger partial charge < -0.3 is 15.0 Å². The number of hydrogen-bond donors (Lipinski definition) is 1. The summed E-state index contributed by atoms with van der Waals surface area (Å²) in [6.45, 7) is 4.46. The molecule has 2 rings (SSSR count). The SMILES string of the molecule is CCCOc1cccc(C(=O)N2CCNCC2C#N)c1. The lowest BCUT2D eigenvalue weighted by Gasteiger charge is -2.32. The standard InChI is InChI=1S/C15H19N3O2/c1-2-8-20-14-5-3-4-12(9-14)15(19)18-7-6-17-11-13(18)10-16/h3-5,9,13,17H,2,6-8,11H2,1H3. The van der Waals surface area contributed by atoms with Gasteiger partial charge in [0.25, 0.3) is 5.91 Å². The molecule has 0 bridgehead atoms. The van der Waals surface area contributed by atoms with Crippen molar-refractivity contribution in [1.82, 2.24) is 10.2 Å². The second-order valence-electron chi connectivity index (χ2n) is 4.72. The highest BCUT2D eigenvalue weighted by molar-refractivity contribution is 5.95. The van der Waals surface area contributed by atoms with E-state index in [-0.39, 0.29) is 5.91 Å². The molecule has 1 aliphatic heterocycles. The molecule has 106 valence electrons. The molecule has 20 heavy (non-hydrogen) atoms. The fourth-order valence-electron chi connectivity index (χ4n) is 2.17. The maximum atomic E-state index is 12.5. The number of ether oxygens (including phenoxy) is 1. The van der Waals surface area contributed by atoms with Crippen LogP contribution >= 0.6 is 0 Å². The van der Waals surface area contributed by atoms with Crippen LogP contribution in [0.25, 0.3) is 0 Å². The van der Waals surface area contributed by atoms with Gasteiger partial charge in [-0.3, -0.25) is 4.79 Å². The number of hydrogen-bond acceptors (Lipinski definition) is 4. The summed E-state index contributed by atoms with van der Waals surface area (Å²) in [4.78, 5) is 14.1. The van der Waals surface area contributed by atoms with Gasteiger partial charge in [0.15, 0.2) is 0 Å². The molecule has 1 aromatic rings. The normalized spacial score (nSPS) is 18.4. The lowest BCUT2D eigenvalue weighted by Crippen LogP contribution is -2.53. The van der Waals surface area contributed by atoms with Crippen molar-refractivity contribution in [3.05, 3.63) is 29.8 Å². The van der Waals surface area contributed by atoms with Gasteiger partial charge in [-0.1, -0.05) is 13.0 Å². The molecule has 1 unspecified atom stereocenters. The van der Waals surface area contributed by atoms with Crippen LogP contribution in [0.15, 0.2) is 24.3 Å². The number of nitrogens with zero attached hydrogens (tertiary/aromatic N) is 2. The number of piperazine rings is 1. The predicted octanol–water partition coefficient (Wildman–Crippen LogP) is 1.41. The fraction of sp³-hybridized carbons (Fsp3) is 0.467. The van der Waals surface area contributed by atoms with E-state index >= 15 is 0 Å². The Balaban J connectivity index is 2.13. The van der Waals surface area contributed by atoms with Gasteiger partial charge in [0, 0.05) is 25.2 Å². The third-order valence-electron chi connectivity index (χ3n) is 3.21. The van der Waals surface area contributed by atoms with E-state index < -0.39 is 6.04 Å². The fourth-order valence-corrected chi connectivity index (χ4v) is 2.17. The molecule has 1 heterocycles. The Kier molecular flexibility index (Phi) is 4.97. The van der Waals surface area contributed by atoms with E-state index in [0.29, 0.717) is 31.0 Å². The first-order chi connectivity index (χ1) is 9.76. The van der Waals surface area contributed by atoms with Gasteiger partial charge in [-0.05, 0) is 24.6 Å². The molecule has 0 aliphatic carbocycles. The van der Waals surface area contributed by atoms with Crippen LogP contribution in [0.3, 0.4) is 0 Å². The molecular weight excluding hydrogens is 254 g/mol. The second-order valence-corrected chi connectivity index (χ2v) is 4.72. The zero-order valence-electron chi connectivity index (χ0n) is 11.6. The number of amides is 1. The largest absolute Gasteiger partial charge is 0.494 e. The highest BCUT2D eigenvalue weighted by Gasteiger charge is 2.27. The summed E-state index contributed by atoms with van der Waals surface area (Å²) < 4.78 is 5.54. The van der Waals surface area contributed by atoms with Crippen molar-refractivity contribution >= 4 is 5.91 Å². The number of carbonyl (C=O) groups is 1. The summed E-state index contributed by atoms with van der Waals surface area (Å²) in [7, 11) is 0. The average molecular weight is 273 g/mol. The van der Waals surface area contributed by atoms with Gasteiger partial charge in [-0.25, -0.2) is 0 Å². The Bertz CT molecular complexity index is 510. The Morgan fingerprint density at radius 2 is 2.45 bits per heavy atom. The Morgan fingerprint density at radius 3 is 3.20 bits per heavy atom. The summed E-state index contributed by atoms with van der Waals surface area (Å²) in [6.07, 6.45) is 0.923. The molecule has 1 saturated heterocycles. The first-order valence-corrected chi connectivity index (χ1v) is 6.90. The van der Waals surface area contributed by atoms with E-state index in [1.165, 1.54) is 0 Å². The van der Waals surface area contributed by atoms with Crippen molar-refractivity contribution in [1.29, 1.82) is 5.26 Å². The van der Waals surface area contributed by atoms with Gasteiger partial charge in [-0.15, -0.1) is 0 Å². The molecule has 1 amide bonds. The molecule has 0 saturated carbocycles. The van der Waals surface area contributed by atoms with E-state index in [4.69, 9.17) is 10.00 Å². The smallest absolute Gasteiger partial charge is 0.255 e. The minimum absolute atomic E-state index is 0.111. The zero-order chi connectivity index (χ0) is 14.4. The van der Waals surface area contributed by atoms with Crippen LogP contribution < -0.4 is 10.1 Å². The topological polar surface area (TPSA) is 65.4 Å². The van der Waals surface area contributed by atoms with E-state index in [9.17, 15) is 4.79 Å². The molecule has 1 N–H and O–H groups in total. The van der Waals surface area contributed by atoms with Crippen LogP contribution in [-0.2, 0) is 0 Å². The minimum atomic E-state index is -0.406. The third kappa shape index (κ3) is 3.28. The minimum Gasteiger partial charge on any atom is -0.494 e. The highest BCUT2D eigenvalue weighted by Crippen LogP contribution is 2.17. The van der Waals surface area contributed by atoms with Gasteiger partial charge >= 0.3 is 0 Å². The molecular formula is C15H19N3O2. The first-order valence-electron chi connectivity index (χ1n) is 6.90. The lowest BCUT2D eigenvalue weighted by molar-refractivity contribution is 0.0686. The van der Waals surface area contributed by atoms with Crippen molar-refractivity contribution in [2.75, 3.05) is 26.2 Å². The molecule has 0 aromatic heterocycles. The number of nitriles is 1. The molecule has 1 aromatic carbocycles. The van der Waals surface area contributed by atoms with E-state index in [1.54, 1.807) is 17.0 Å². The van der Waals surface area contributed by atoms with E-state index in [1.807, 2.05) is 19.1 Å². The third-order valence-corrected chi connectivity index (χ3v) is 3.21. The Morgan fingerprint density at radius 1 is 1.60 bits per heavy atom. The van der Waals surface area contributed by atoms with Gasteiger partial charge in [0.05, 0.1) is 12.7 Å². The van der Waals surface area contributed by atoms with Crippen molar-refractivity contribution in [2.24, 2.45) is 0 Å². The first kappa shape index (κ1) is 14.4.